The maximum Gasteiger partial charge on any atom is 0.410 e. The van der Waals surface area contributed by atoms with Gasteiger partial charge in [0, 0.05) is 0 Å². The first kappa shape index (κ1) is 23.1. The van der Waals surface area contributed by atoms with Gasteiger partial charge in [-0.1, -0.05) is 88.6 Å². The van der Waals surface area contributed by atoms with Crippen molar-refractivity contribution in [3.8, 4) is 0 Å². The van der Waals surface area contributed by atoms with Crippen LogP contribution in [0.2, 0.25) is 0 Å². The summed E-state index contributed by atoms with van der Waals surface area (Å²) in [4.78, 5) is 14.6. The summed E-state index contributed by atoms with van der Waals surface area (Å²) in [6.45, 7) is 3.49. The molecule has 2 unspecified atom stereocenters. The van der Waals surface area contributed by atoms with Gasteiger partial charge in [-0.15, -0.1) is 0 Å². The predicted octanol–water partition coefficient (Wildman–Crippen LogP) is 5.45. The van der Waals surface area contributed by atoms with E-state index < -0.39 is 5.60 Å². The molecule has 0 spiro atoms. The molecule has 2 saturated heterocycles. The van der Waals surface area contributed by atoms with E-state index in [2.05, 4.69) is 6.92 Å². The number of ether oxygens (including phenoxy) is 2. The zero-order chi connectivity index (χ0) is 21.2. The number of fused-ring (bicyclic) bond motifs is 2. The first-order valence-corrected chi connectivity index (χ1v) is 11.9. The number of benzene rings is 1. The van der Waals surface area contributed by atoms with Crippen LogP contribution in [-0.2, 0) is 16.1 Å². The van der Waals surface area contributed by atoms with Crippen LogP contribution in [0.15, 0.2) is 30.3 Å². The van der Waals surface area contributed by atoms with Crippen LogP contribution in [0.5, 0.6) is 0 Å². The first-order chi connectivity index (χ1) is 14.6. The Morgan fingerprint density at radius 1 is 1.03 bits per heavy atom. The Balaban J connectivity index is 1.43. The lowest BCUT2D eigenvalue weighted by molar-refractivity contribution is -0.136. The van der Waals surface area contributed by atoms with Gasteiger partial charge in [0.25, 0.3) is 0 Å². The lowest BCUT2D eigenvalue weighted by atomic mass is 9.78. The van der Waals surface area contributed by atoms with E-state index >= 15 is 0 Å². The lowest BCUT2D eigenvalue weighted by Gasteiger charge is -2.51. The average molecular weight is 418 g/mol. The number of unbranched alkanes of at least 4 members (excludes halogenated alkanes) is 7. The summed E-state index contributed by atoms with van der Waals surface area (Å²) < 4.78 is 11.3. The molecule has 5 nitrogen and oxygen atoms in total. The maximum absolute atomic E-state index is 12.8. The van der Waals surface area contributed by atoms with E-state index in [9.17, 15) is 9.90 Å². The van der Waals surface area contributed by atoms with Gasteiger partial charge in [0.15, 0.2) is 0 Å². The van der Waals surface area contributed by atoms with Crippen molar-refractivity contribution in [2.24, 2.45) is 0 Å². The van der Waals surface area contributed by atoms with Crippen LogP contribution < -0.4 is 0 Å². The molecule has 1 aromatic rings. The normalized spacial score (nSPS) is 25.9. The molecule has 0 aromatic heterocycles. The second-order valence-electron chi connectivity index (χ2n) is 9.15. The Kier molecular flexibility index (Phi) is 9.01. The van der Waals surface area contributed by atoms with Gasteiger partial charge in [-0.25, -0.2) is 4.79 Å². The van der Waals surface area contributed by atoms with E-state index in [4.69, 9.17) is 9.47 Å². The highest BCUT2D eigenvalue weighted by Gasteiger charge is 2.48. The molecule has 3 rings (SSSR count). The van der Waals surface area contributed by atoms with E-state index in [1.807, 2.05) is 35.2 Å². The summed E-state index contributed by atoms with van der Waals surface area (Å²) in [7, 11) is 0. The molecule has 0 radical (unpaired) electrons. The molecule has 168 valence electrons. The quantitative estimate of drug-likeness (QED) is 0.487. The summed E-state index contributed by atoms with van der Waals surface area (Å²) in [6.07, 6.45) is 11.8. The van der Waals surface area contributed by atoms with Crippen LogP contribution in [0, 0.1) is 0 Å². The Hall–Kier alpha value is -1.59. The minimum absolute atomic E-state index is 0.0974. The van der Waals surface area contributed by atoms with E-state index in [0.717, 1.165) is 18.4 Å². The van der Waals surface area contributed by atoms with Crippen molar-refractivity contribution >= 4 is 6.09 Å². The summed E-state index contributed by atoms with van der Waals surface area (Å²) in [5.74, 6) is 0. The van der Waals surface area contributed by atoms with Crippen molar-refractivity contribution in [2.75, 3.05) is 13.2 Å². The SMILES string of the molecule is CCCCCCCCCCC1(O)CC2COCC(C1)N2C(=O)OCc1ccccc1. The molecule has 1 aromatic carbocycles. The molecule has 1 amide bonds. The van der Waals surface area contributed by atoms with Gasteiger partial charge in [0.05, 0.1) is 30.9 Å². The van der Waals surface area contributed by atoms with Crippen LogP contribution in [-0.4, -0.2) is 47.0 Å². The van der Waals surface area contributed by atoms with Crippen molar-refractivity contribution < 1.29 is 19.4 Å². The smallest absolute Gasteiger partial charge is 0.410 e. The number of hydrogen-bond acceptors (Lipinski definition) is 4. The van der Waals surface area contributed by atoms with Gasteiger partial charge in [0.2, 0.25) is 0 Å². The third kappa shape index (κ3) is 6.71. The van der Waals surface area contributed by atoms with Gasteiger partial charge in [-0.2, -0.15) is 0 Å². The largest absolute Gasteiger partial charge is 0.445 e. The summed E-state index contributed by atoms with van der Waals surface area (Å²) >= 11 is 0. The number of rotatable bonds is 11. The van der Waals surface area contributed by atoms with Crippen molar-refractivity contribution in [1.29, 1.82) is 0 Å². The highest BCUT2D eigenvalue weighted by atomic mass is 16.6. The number of carbonyl (C=O) groups excluding carboxylic acids is 1. The highest BCUT2D eigenvalue weighted by Crippen LogP contribution is 2.38. The number of nitrogens with zero attached hydrogens (tertiary/aromatic N) is 1. The number of carbonyl (C=O) groups is 1. The summed E-state index contributed by atoms with van der Waals surface area (Å²) in [5, 5.41) is 11.2. The number of aliphatic hydroxyl groups is 1. The minimum Gasteiger partial charge on any atom is -0.445 e. The molecule has 0 aliphatic carbocycles. The third-order valence-electron chi connectivity index (χ3n) is 6.55. The molecule has 2 fully saturated rings. The molecule has 2 aliphatic heterocycles. The van der Waals surface area contributed by atoms with E-state index in [1.165, 1.54) is 44.9 Å². The monoisotopic (exact) mass is 417 g/mol. The van der Waals surface area contributed by atoms with Gasteiger partial charge < -0.3 is 14.6 Å². The molecule has 2 aliphatic rings. The molecule has 0 saturated carbocycles. The molecule has 5 heteroatoms. The van der Waals surface area contributed by atoms with Crippen LogP contribution in [0.3, 0.4) is 0 Å². The second kappa shape index (κ2) is 11.7. The van der Waals surface area contributed by atoms with Crippen LogP contribution in [0.25, 0.3) is 0 Å². The van der Waals surface area contributed by atoms with Gasteiger partial charge in [-0.3, -0.25) is 4.90 Å². The van der Waals surface area contributed by atoms with Crippen molar-refractivity contribution in [3.63, 3.8) is 0 Å². The zero-order valence-corrected chi connectivity index (χ0v) is 18.6. The number of hydrogen-bond donors (Lipinski definition) is 1. The fourth-order valence-electron chi connectivity index (χ4n) is 4.96. The standard InChI is InChI=1S/C25H39NO4/c1-2-3-4-5-6-7-8-12-15-25(28)16-22-19-29-20-23(17-25)26(22)24(27)30-18-21-13-10-9-11-14-21/h9-11,13-14,22-23,28H,2-8,12,15-20H2,1H3. The van der Waals surface area contributed by atoms with Gasteiger partial charge in [-0.05, 0) is 24.8 Å². The fraction of sp³-hybridized carbons (Fsp3) is 0.720. The zero-order valence-electron chi connectivity index (χ0n) is 18.6. The molecular formula is C25H39NO4. The Morgan fingerprint density at radius 3 is 2.27 bits per heavy atom. The molecule has 2 heterocycles. The fourth-order valence-corrected chi connectivity index (χ4v) is 4.96. The summed E-state index contributed by atoms with van der Waals surface area (Å²) in [6, 6.07) is 9.55. The van der Waals surface area contributed by atoms with Crippen LogP contribution in [0.1, 0.15) is 83.1 Å². The highest BCUT2D eigenvalue weighted by molar-refractivity contribution is 5.69. The number of amides is 1. The number of piperidine rings is 1. The molecule has 2 atom stereocenters. The minimum atomic E-state index is -0.683. The maximum atomic E-state index is 12.8. The van der Waals surface area contributed by atoms with Gasteiger partial charge in [0.1, 0.15) is 6.61 Å². The number of morpholine rings is 1. The van der Waals surface area contributed by atoms with Crippen LogP contribution in [0.4, 0.5) is 4.79 Å². The Morgan fingerprint density at radius 2 is 1.63 bits per heavy atom. The first-order valence-electron chi connectivity index (χ1n) is 11.9. The van der Waals surface area contributed by atoms with E-state index in [1.54, 1.807) is 0 Å². The van der Waals surface area contributed by atoms with Crippen molar-refractivity contribution in [1.82, 2.24) is 4.90 Å². The molecule has 30 heavy (non-hydrogen) atoms. The topological polar surface area (TPSA) is 59.0 Å². The van der Waals surface area contributed by atoms with Crippen molar-refractivity contribution in [2.45, 2.75) is 102 Å². The molecular weight excluding hydrogens is 378 g/mol. The lowest BCUT2D eigenvalue weighted by Crippen LogP contribution is -2.63. The molecule has 2 bridgehead atoms. The van der Waals surface area contributed by atoms with E-state index in [0.29, 0.717) is 26.1 Å². The Labute approximate surface area is 181 Å². The van der Waals surface area contributed by atoms with Crippen molar-refractivity contribution in [3.05, 3.63) is 35.9 Å². The third-order valence-corrected chi connectivity index (χ3v) is 6.55. The summed E-state index contributed by atoms with van der Waals surface area (Å²) in [5.41, 5.74) is 0.299. The van der Waals surface area contributed by atoms with E-state index in [-0.39, 0.29) is 24.8 Å². The Bertz CT molecular complexity index is 621. The van der Waals surface area contributed by atoms with Crippen LogP contribution >= 0.6 is 0 Å². The predicted molar refractivity (Wildman–Crippen MR) is 118 cm³/mol. The average Bonchev–Trinajstić information content (AvgIpc) is 2.74. The van der Waals surface area contributed by atoms with Gasteiger partial charge >= 0.3 is 6.09 Å². The second-order valence-corrected chi connectivity index (χ2v) is 9.15. The molecule has 1 N–H and O–H groups in total.